The second-order valence-corrected chi connectivity index (χ2v) is 5.95. The molecule has 0 spiro atoms. The van der Waals surface area contributed by atoms with E-state index < -0.39 is 5.97 Å². The van der Waals surface area contributed by atoms with Crippen molar-refractivity contribution in [2.24, 2.45) is 11.8 Å². The fourth-order valence-electron chi connectivity index (χ4n) is 2.64. The molecule has 2 heteroatoms. The van der Waals surface area contributed by atoms with E-state index in [2.05, 4.69) is 20.8 Å². The van der Waals surface area contributed by atoms with Gasteiger partial charge < -0.3 is 5.11 Å². The molecule has 1 N–H and O–H groups in total. The molecule has 0 saturated carbocycles. The molecule has 2 unspecified atom stereocenters. The second kappa shape index (κ2) is 11.6. The fourth-order valence-corrected chi connectivity index (χ4v) is 2.64. The SMILES string of the molecule is CCCCCCCCCC(C)CC(C)CC(=O)O. The molecule has 0 aromatic heterocycles. The first-order valence-electron chi connectivity index (χ1n) is 7.78. The van der Waals surface area contributed by atoms with E-state index >= 15 is 0 Å². The van der Waals surface area contributed by atoms with Crippen LogP contribution in [0.1, 0.15) is 85.0 Å². The maximum Gasteiger partial charge on any atom is 0.303 e. The molecule has 0 aliphatic heterocycles. The van der Waals surface area contributed by atoms with Crippen LogP contribution in [0.25, 0.3) is 0 Å². The topological polar surface area (TPSA) is 37.3 Å². The first-order valence-corrected chi connectivity index (χ1v) is 7.78. The molecule has 108 valence electrons. The van der Waals surface area contributed by atoms with Crippen molar-refractivity contribution < 1.29 is 9.90 Å². The van der Waals surface area contributed by atoms with Crippen LogP contribution in [0.4, 0.5) is 0 Å². The highest BCUT2D eigenvalue weighted by atomic mass is 16.4. The highest BCUT2D eigenvalue weighted by Gasteiger charge is 2.11. The Hall–Kier alpha value is -0.530. The lowest BCUT2D eigenvalue weighted by atomic mass is 9.91. The molecule has 0 saturated heterocycles. The third-order valence-electron chi connectivity index (χ3n) is 3.63. The average Bonchev–Trinajstić information content (AvgIpc) is 2.26. The highest BCUT2D eigenvalue weighted by molar-refractivity contribution is 5.66. The van der Waals surface area contributed by atoms with E-state index in [0.717, 1.165) is 6.42 Å². The first-order chi connectivity index (χ1) is 8.56. The third-order valence-corrected chi connectivity index (χ3v) is 3.63. The minimum Gasteiger partial charge on any atom is -0.481 e. The van der Waals surface area contributed by atoms with E-state index in [9.17, 15) is 4.79 Å². The standard InChI is InChI=1S/C16H32O2/c1-4-5-6-7-8-9-10-11-14(2)12-15(3)13-16(17)18/h14-15H,4-13H2,1-3H3,(H,17,18). The van der Waals surface area contributed by atoms with Gasteiger partial charge in [-0.05, 0) is 18.3 Å². The maximum absolute atomic E-state index is 10.6. The van der Waals surface area contributed by atoms with Gasteiger partial charge in [-0.1, -0.05) is 72.1 Å². The normalized spacial score (nSPS) is 14.4. The molecule has 0 radical (unpaired) electrons. The number of rotatable bonds is 12. The number of hydrogen-bond acceptors (Lipinski definition) is 1. The molecule has 0 amide bonds. The predicted octanol–water partition coefficient (Wildman–Crippen LogP) is 5.26. The van der Waals surface area contributed by atoms with Gasteiger partial charge in [-0.3, -0.25) is 4.79 Å². The minimum absolute atomic E-state index is 0.321. The van der Waals surface area contributed by atoms with E-state index in [1.165, 1.54) is 51.4 Å². The summed E-state index contributed by atoms with van der Waals surface area (Å²) >= 11 is 0. The smallest absolute Gasteiger partial charge is 0.303 e. The Morgan fingerprint density at radius 2 is 1.50 bits per heavy atom. The zero-order valence-electron chi connectivity index (χ0n) is 12.6. The van der Waals surface area contributed by atoms with Crippen molar-refractivity contribution in [2.75, 3.05) is 0 Å². The van der Waals surface area contributed by atoms with Gasteiger partial charge in [0.2, 0.25) is 0 Å². The number of aliphatic carboxylic acids is 1. The fraction of sp³-hybridized carbons (Fsp3) is 0.938. The molecule has 0 bridgehead atoms. The summed E-state index contributed by atoms with van der Waals surface area (Å²) in [5.41, 5.74) is 0. The summed E-state index contributed by atoms with van der Waals surface area (Å²) in [4.78, 5) is 10.6. The molecule has 0 fully saturated rings. The van der Waals surface area contributed by atoms with Crippen molar-refractivity contribution in [3.63, 3.8) is 0 Å². The Balaban J connectivity index is 3.36. The lowest BCUT2D eigenvalue weighted by Gasteiger charge is -2.15. The van der Waals surface area contributed by atoms with Crippen LogP contribution in [0.5, 0.6) is 0 Å². The number of carbonyl (C=O) groups is 1. The molecular weight excluding hydrogens is 224 g/mol. The van der Waals surface area contributed by atoms with Crippen molar-refractivity contribution >= 4 is 5.97 Å². The van der Waals surface area contributed by atoms with Gasteiger partial charge >= 0.3 is 5.97 Å². The zero-order chi connectivity index (χ0) is 13.8. The van der Waals surface area contributed by atoms with E-state index in [1.54, 1.807) is 0 Å². The van der Waals surface area contributed by atoms with Crippen LogP contribution < -0.4 is 0 Å². The van der Waals surface area contributed by atoms with Gasteiger partial charge in [0.1, 0.15) is 0 Å². The predicted molar refractivity (Wildman–Crippen MR) is 77.8 cm³/mol. The van der Waals surface area contributed by atoms with Crippen LogP contribution in [0, 0.1) is 11.8 Å². The van der Waals surface area contributed by atoms with Gasteiger partial charge in [0.25, 0.3) is 0 Å². The van der Waals surface area contributed by atoms with Crippen molar-refractivity contribution in [2.45, 2.75) is 85.0 Å². The lowest BCUT2D eigenvalue weighted by molar-refractivity contribution is -0.138. The van der Waals surface area contributed by atoms with Gasteiger partial charge in [0.05, 0.1) is 0 Å². The summed E-state index contributed by atoms with van der Waals surface area (Å²) in [5, 5.41) is 8.71. The zero-order valence-corrected chi connectivity index (χ0v) is 12.6. The maximum atomic E-state index is 10.6. The third kappa shape index (κ3) is 11.9. The molecule has 2 nitrogen and oxygen atoms in total. The number of hydrogen-bond donors (Lipinski definition) is 1. The van der Waals surface area contributed by atoms with E-state index in [0.29, 0.717) is 18.3 Å². The van der Waals surface area contributed by atoms with E-state index in [4.69, 9.17) is 5.11 Å². The van der Waals surface area contributed by atoms with Crippen LogP contribution >= 0.6 is 0 Å². The van der Waals surface area contributed by atoms with Crippen LogP contribution in [-0.4, -0.2) is 11.1 Å². The quantitative estimate of drug-likeness (QED) is 0.483. The number of carboxylic acids is 1. The Kier molecular flexibility index (Phi) is 11.2. The van der Waals surface area contributed by atoms with Gasteiger partial charge in [-0.15, -0.1) is 0 Å². The summed E-state index contributed by atoms with van der Waals surface area (Å²) in [6, 6.07) is 0. The van der Waals surface area contributed by atoms with Crippen molar-refractivity contribution in [3.8, 4) is 0 Å². The van der Waals surface area contributed by atoms with E-state index in [-0.39, 0.29) is 0 Å². The minimum atomic E-state index is -0.661. The Morgan fingerprint density at radius 1 is 0.944 bits per heavy atom. The molecule has 0 aromatic carbocycles. The molecule has 18 heavy (non-hydrogen) atoms. The van der Waals surface area contributed by atoms with Crippen LogP contribution in [0.3, 0.4) is 0 Å². The van der Waals surface area contributed by atoms with Crippen LogP contribution in [-0.2, 0) is 4.79 Å². The average molecular weight is 256 g/mol. The van der Waals surface area contributed by atoms with Crippen molar-refractivity contribution in [1.29, 1.82) is 0 Å². The molecule has 0 rings (SSSR count). The Labute approximate surface area is 113 Å². The largest absolute Gasteiger partial charge is 0.481 e. The van der Waals surface area contributed by atoms with Crippen LogP contribution in [0.15, 0.2) is 0 Å². The highest BCUT2D eigenvalue weighted by Crippen LogP contribution is 2.20. The molecule has 2 atom stereocenters. The second-order valence-electron chi connectivity index (χ2n) is 5.95. The van der Waals surface area contributed by atoms with Crippen molar-refractivity contribution in [1.82, 2.24) is 0 Å². The molecule has 0 aromatic rings. The summed E-state index contributed by atoms with van der Waals surface area (Å²) in [6.45, 7) is 6.56. The van der Waals surface area contributed by atoms with Gasteiger partial charge in [0, 0.05) is 6.42 Å². The first kappa shape index (κ1) is 17.5. The number of unbranched alkanes of at least 4 members (excludes halogenated alkanes) is 6. The lowest BCUT2D eigenvalue weighted by Crippen LogP contribution is -2.08. The monoisotopic (exact) mass is 256 g/mol. The van der Waals surface area contributed by atoms with Gasteiger partial charge in [-0.2, -0.15) is 0 Å². The summed E-state index contributed by atoms with van der Waals surface area (Å²) in [6.07, 6.45) is 12.1. The Bertz CT molecular complexity index is 201. The molecule has 0 heterocycles. The van der Waals surface area contributed by atoms with E-state index in [1.807, 2.05) is 0 Å². The summed E-state index contributed by atoms with van der Waals surface area (Å²) < 4.78 is 0. The molecule has 0 aliphatic carbocycles. The summed E-state index contributed by atoms with van der Waals surface area (Å²) in [7, 11) is 0. The number of carboxylic acid groups (broad SMARTS) is 1. The Morgan fingerprint density at radius 3 is 2.06 bits per heavy atom. The van der Waals surface area contributed by atoms with Crippen LogP contribution in [0.2, 0.25) is 0 Å². The molecule has 0 aliphatic rings. The van der Waals surface area contributed by atoms with Gasteiger partial charge in [0.15, 0.2) is 0 Å². The molecular formula is C16H32O2. The summed E-state index contributed by atoms with van der Waals surface area (Å²) in [5.74, 6) is 0.336. The van der Waals surface area contributed by atoms with Gasteiger partial charge in [-0.25, -0.2) is 0 Å². The van der Waals surface area contributed by atoms with Crippen molar-refractivity contribution in [3.05, 3.63) is 0 Å².